The molecule has 0 spiro atoms. The predicted molar refractivity (Wildman–Crippen MR) is 83.9 cm³/mol. The highest BCUT2D eigenvalue weighted by Crippen LogP contribution is 2.26. The Morgan fingerprint density at radius 1 is 1.14 bits per heavy atom. The molecular formula is C16H15N3O3. The second kappa shape index (κ2) is 5.48. The molecule has 0 aliphatic heterocycles. The van der Waals surface area contributed by atoms with Gasteiger partial charge >= 0.3 is 0 Å². The van der Waals surface area contributed by atoms with Gasteiger partial charge in [0.1, 0.15) is 5.69 Å². The number of carbonyl (C=O) groups excluding carboxylic acids is 1. The number of nitrogens with one attached hydrogen (secondary N) is 1. The minimum absolute atomic E-state index is 0.0408. The first-order valence-electron chi connectivity index (χ1n) is 7.01. The molecule has 0 aromatic heterocycles. The van der Waals surface area contributed by atoms with E-state index in [1.54, 1.807) is 0 Å². The van der Waals surface area contributed by atoms with Crippen LogP contribution in [0.5, 0.6) is 0 Å². The number of aryl methyl sites for hydroxylation is 2. The molecule has 2 aromatic carbocycles. The standard InChI is InChI=1S/C16H15N3O3/c17-14-7-5-12(9-15(14)19(21)22)16(20)18-13-6-4-10-2-1-3-11(10)8-13/h4-9H,1-3,17H2,(H,18,20). The lowest BCUT2D eigenvalue weighted by atomic mass is 10.1. The lowest BCUT2D eigenvalue weighted by Crippen LogP contribution is -2.12. The van der Waals surface area contributed by atoms with Gasteiger partial charge < -0.3 is 11.1 Å². The van der Waals surface area contributed by atoms with E-state index >= 15 is 0 Å². The molecule has 1 aliphatic carbocycles. The third-order valence-corrected chi connectivity index (χ3v) is 3.85. The number of benzene rings is 2. The van der Waals surface area contributed by atoms with Gasteiger partial charge in [-0.2, -0.15) is 0 Å². The van der Waals surface area contributed by atoms with E-state index in [1.165, 1.54) is 29.3 Å². The van der Waals surface area contributed by atoms with Gasteiger partial charge in [-0.05, 0) is 54.7 Å². The van der Waals surface area contributed by atoms with Crippen LogP contribution >= 0.6 is 0 Å². The maximum absolute atomic E-state index is 12.2. The molecule has 0 atom stereocenters. The van der Waals surface area contributed by atoms with Crippen molar-refractivity contribution in [3.63, 3.8) is 0 Å². The van der Waals surface area contributed by atoms with Gasteiger partial charge in [-0.15, -0.1) is 0 Å². The van der Waals surface area contributed by atoms with E-state index in [0.29, 0.717) is 5.69 Å². The molecule has 3 N–H and O–H groups in total. The van der Waals surface area contributed by atoms with Gasteiger partial charge in [0.05, 0.1) is 4.92 Å². The smallest absolute Gasteiger partial charge is 0.292 e. The summed E-state index contributed by atoms with van der Waals surface area (Å²) in [7, 11) is 0. The van der Waals surface area contributed by atoms with Gasteiger partial charge in [0.2, 0.25) is 0 Å². The van der Waals surface area contributed by atoms with E-state index in [9.17, 15) is 14.9 Å². The average Bonchev–Trinajstić information content (AvgIpc) is 2.94. The summed E-state index contributed by atoms with van der Waals surface area (Å²) >= 11 is 0. The minimum Gasteiger partial charge on any atom is -0.393 e. The fourth-order valence-corrected chi connectivity index (χ4v) is 2.70. The molecule has 1 aliphatic rings. The zero-order valence-electron chi connectivity index (χ0n) is 11.8. The Hall–Kier alpha value is -2.89. The summed E-state index contributed by atoms with van der Waals surface area (Å²) in [4.78, 5) is 22.5. The van der Waals surface area contributed by atoms with Crippen LogP contribution in [-0.4, -0.2) is 10.8 Å². The van der Waals surface area contributed by atoms with Crippen molar-refractivity contribution in [1.29, 1.82) is 0 Å². The normalized spacial score (nSPS) is 12.7. The molecule has 0 fully saturated rings. The van der Waals surface area contributed by atoms with Gasteiger partial charge in [-0.3, -0.25) is 14.9 Å². The molecule has 0 saturated carbocycles. The van der Waals surface area contributed by atoms with Crippen LogP contribution in [0.4, 0.5) is 17.1 Å². The SMILES string of the molecule is Nc1ccc(C(=O)Nc2ccc3c(c2)CCC3)cc1[N+](=O)[O-]. The number of rotatable bonds is 3. The van der Waals surface area contributed by atoms with E-state index in [1.807, 2.05) is 18.2 Å². The van der Waals surface area contributed by atoms with Crippen LogP contribution < -0.4 is 11.1 Å². The molecule has 6 nitrogen and oxygen atoms in total. The molecule has 22 heavy (non-hydrogen) atoms. The maximum atomic E-state index is 12.2. The van der Waals surface area contributed by atoms with Crippen molar-refractivity contribution in [2.45, 2.75) is 19.3 Å². The zero-order chi connectivity index (χ0) is 15.7. The molecule has 0 unspecified atom stereocenters. The fourth-order valence-electron chi connectivity index (χ4n) is 2.70. The first kappa shape index (κ1) is 14.1. The predicted octanol–water partition coefficient (Wildman–Crippen LogP) is 2.92. The highest BCUT2D eigenvalue weighted by Gasteiger charge is 2.16. The summed E-state index contributed by atoms with van der Waals surface area (Å²) in [5.41, 5.74) is 8.79. The summed E-state index contributed by atoms with van der Waals surface area (Å²) in [6, 6.07) is 9.88. The number of nitrogen functional groups attached to an aromatic ring is 1. The van der Waals surface area contributed by atoms with E-state index in [2.05, 4.69) is 5.32 Å². The monoisotopic (exact) mass is 297 g/mol. The molecular weight excluding hydrogens is 282 g/mol. The molecule has 1 amide bonds. The van der Waals surface area contributed by atoms with E-state index in [-0.39, 0.29) is 22.8 Å². The van der Waals surface area contributed by atoms with Crippen LogP contribution in [0.25, 0.3) is 0 Å². The minimum atomic E-state index is -0.596. The molecule has 2 aromatic rings. The number of nitrogens with zero attached hydrogens (tertiary/aromatic N) is 1. The number of nitro groups is 1. The Morgan fingerprint density at radius 2 is 1.91 bits per heavy atom. The van der Waals surface area contributed by atoms with Crippen molar-refractivity contribution >= 4 is 23.0 Å². The van der Waals surface area contributed by atoms with Gasteiger partial charge in [-0.25, -0.2) is 0 Å². The number of hydrogen-bond donors (Lipinski definition) is 2. The van der Waals surface area contributed by atoms with Crippen molar-refractivity contribution in [2.75, 3.05) is 11.1 Å². The highest BCUT2D eigenvalue weighted by molar-refractivity contribution is 6.05. The Bertz CT molecular complexity index is 771. The first-order valence-corrected chi connectivity index (χ1v) is 7.01. The molecule has 0 heterocycles. The first-order chi connectivity index (χ1) is 10.5. The molecule has 0 bridgehead atoms. The molecule has 0 saturated heterocycles. The number of hydrogen-bond acceptors (Lipinski definition) is 4. The Kier molecular flexibility index (Phi) is 3.50. The number of nitrogens with two attached hydrogens (primary N) is 1. The molecule has 3 rings (SSSR count). The van der Waals surface area contributed by atoms with Gasteiger partial charge in [0, 0.05) is 17.3 Å². The van der Waals surface area contributed by atoms with Crippen LogP contribution in [0.1, 0.15) is 27.9 Å². The fraction of sp³-hybridized carbons (Fsp3) is 0.188. The summed E-state index contributed by atoms with van der Waals surface area (Å²) in [6.07, 6.45) is 3.23. The van der Waals surface area contributed by atoms with Crippen molar-refractivity contribution in [3.05, 3.63) is 63.2 Å². The van der Waals surface area contributed by atoms with Crippen LogP contribution in [-0.2, 0) is 12.8 Å². The molecule has 0 radical (unpaired) electrons. The average molecular weight is 297 g/mol. The van der Waals surface area contributed by atoms with Gasteiger partial charge in [0.25, 0.3) is 11.6 Å². The highest BCUT2D eigenvalue weighted by atomic mass is 16.6. The van der Waals surface area contributed by atoms with E-state index < -0.39 is 4.92 Å². The summed E-state index contributed by atoms with van der Waals surface area (Å²) in [6.45, 7) is 0. The largest absolute Gasteiger partial charge is 0.393 e. The number of carbonyl (C=O) groups is 1. The summed E-state index contributed by atoms with van der Waals surface area (Å²) in [5.74, 6) is -0.388. The Balaban J connectivity index is 1.83. The summed E-state index contributed by atoms with van der Waals surface area (Å²) in [5, 5.41) is 13.6. The number of nitro benzene ring substituents is 1. The zero-order valence-corrected chi connectivity index (χ0v) is 11.8. The lowest BCUT2D eigenvalue weighted by molar-refractivity contribution is -0.383. The Morgan fingerprint density at radius 3 is 2.68 bits per heavy atom. The van der Waals surface area contributed by atoms with E-state index in [4.69, 9.17) is 5.73 Å². The third kappa shape index (κ3) is 2.63. The van der Waals surface area contributed by atoms with Crippen LogP contribution in [0.15, 0.2) is 36.4 Å². The van der Waals surface area contributed by atoms with Crippen LogP contribution in [0, 0.1) is 10.1 Å². The third-order valence-electron chi connectivity index (χ3n) is 3.85. The second-order valence-electron chi connectivity index (χ2n) is 5.32. The second-order valence-corrected chi connectivity index (χ2v) is 5.32. The number of amides is 1. The van der Waals surface area contributed by atoms with Crippen molar-refractivity contribution < 1.29 is 9.72 Å². The van der Waals surface area contributed by atoms with E-state index in [0.717, 1.165) is 19.3 Å². The maximum Gasteiger partial charge on any atom is 0.292 e. The molecule has 6 heteroatoms. The van der Waals surface area contributed by atoms with Crippen LogP contribution in [0.3, 0.4) is 0 Å². The summed E-state index contributed by atoms with van der Waals surface area (Å²) < 4.78 is 0. The quantitative estimate of drug-likeness (QED) is 0.517. The Labute approximate surface area is 127 Å². The topological polar surface area (TPSA) is 98.3 Å². The molecule has 112 valence electrons. The van der Waals surface area contributed by atoms with Gasteiger partial charge in [0.15, 0.2) is 0 Å². The lowest BCUT2D eigenvalue weighted by Gasteiger charge is -2.08. The number of fused-ring (bicyclic) bond motifs is 1. The van der Waals surface area contributed by atoms with Crippen molar-refractivity contribution in [3.8, 4) is 0 Å². The van der Waals surface area contributed by atoms with Crippen LogP contribution in [0.2, 0.25) is 0 Å². The van der Waals surface area contributed by atoms with Crippen molar-refractivity contribution in [1.82, 2.24) is 0 Å². The van der Waals surface area contributed by atoms with Crippen molar-refractivity contribution in [2.24, 2.45) is 0 Å². The van der Waals surface area contributed by atoms with Gasteiger partial charge in [-0.1, -0.05) is 6.07 Å². The number of anilines is 2.